The molecule has 8 rings (SSSR count). The molecule has 4 aromatic rings. The molecular formula is C45H51N5O9Si. The number of rotatable bonds is 13. The first-order chi connectivity index (χ1) is 28.8. The number of carbonyl (C=O) groups is 4. The molecule has 3 N–H and O–H groups in total. The molecule has 3 atom stereocenters. The second-order valence-corrected chi connectivity index (χ2v) is 22.5. The monoisotopic (exact) mass is 833 g/mol. The summed E-state index contributed by atoms with van der Waals surface area (Å²) in [6.07, 6.45) is 0.803. The van der Waals surface area contributed by atoms with Gasteiger partial charge < -0.3 is 44.5 Å². The van der Waals surface area contributed by atoms with Gasteiger partial charge in [-0.25, -0.2) is 0 Å². The number of hydrogen-bond donors (Lipinski definition) is 2. The number of nitrogens with one attached hydrogen (secondary N) is 1. The Morgan fingerprint density at radius 3 is 1.85 bits per heavy atom. The molecule has 14 nitrogen and oxygen atoms in total. The molecule has 4 heterocycles. The first kappa shape index (κ1) is 40.9. The van der Waals surface area contributed by atoms with Crippen molar-refractivity contribution in [1.82, 2.24) is 9.80 Å². The van der Waals surface area contributed by atoms with E-state index in [1.165, 1.54) is 14.2 Å². The van der Waals surface area contributed by atoms with Crippen LogP contribution >= 0.6 is 0 Å². The maximum atomic E-state index is 14.4. The average molecular weight is 834 g/mol. The van der Waals surface area contributed by atoms with Crippen LogP contribution in [0.4, 0.5) is 11.4 Å². The number of hydrogen-bond acceptors (Lipinski definition) is 10. The summed E-state index contributed by atoms with van der Waals surface area (Å²) in [6.45, 7) is 7.80. The topological polar surface area (TPSA) is 162 Å². The van der Waals surface area contributed by atoms with Crippen molar-refractivity contribution in [2.45, 2.75) is 69.7 Å². The Morgan fingerprint density at radius 1 is 0.717 bits per heavy atom. The highest BCUT2D eigenvalue weighted by Gasteiger charge is 2.43. The molecule has 0 bridgehead atoms. The molecule has 0 saturated carbocycles. The zero-order valence-corrected chi connectivity index (χ0v) is 35.6. The van der Waals surface area contributed by atoms with E-state index >= 15 is 0 Å². The van der Waals surface area contributed by atoms with Gasteiger partial charge in [0.1, 0.15) is 32.0 Å². The molecule has 4 aliphatic heterocycles. The molecular weight excluding hydrogens is 783 g/mol. The predicted molar refractivity (Wildman–Crippen MR) is 228 cm³/mol. The third-order valence-corrected chi connectivity index (χ3v) is 13.3. The fourth-order valence-corrected chi connectivity index (χ4v) is 8.95. The lowest BCUT2D eigenvalue weighted by atomic mass is 9.93. The number of anilines is 2. The second kappa shape index (κ2) is 16.6. The first-order valence-electron chi connectivity index (χ1n) is 20.2. The van der Waals surface area contributed by atoms with Crippen LogP contribution in [0.25, 0.3) is 0 Å². The summed E-state index contributed by atoms with van der Waals surface area (Å²) in [5.74, 6) is 0.0720. The zero-order chi connectivity index (χ0) is 42.3. The van der Waals surface area contributed by atoms with Crippen molar-refractivity contribution >= 4 is 43.1 Å². The number of ether oxygens (including phenoxy) is 5. The van der Waals surface area contributed by atoms with E-state index in [-0.39, 0.29) is 55.1 Å². The third-order valence-electron chi connectivity index (χ3n) is 11.6. The van der Waals surface area contributed by atoms with Gasteiger partial charge in [-0.2, -0.15) is 0 Å². The molecule has 0 aromatic heterocycles. The summed E-state index contributed by atoms with van der Waals surface area (Å²) >= 11 is 0. The van der Waals surface area contributed by atoms with Crippen LogP contribution in [0.3, 0.4) is 0 Å². The molecule has 0 fully saturated rings. The van der Waals surface area contributed by atoms with Crippen LogP contribution in [-0.2, 0) is 40.3 Å². The van der Waals surface area contributed by atoms with Crippen molar-refractivity contribution < 1.29 is 42.9 Å². The summed E-state index contributed by atoms with van der Waals surface area (Å²) in [5, 5.41) is 2.94. The van der Waals surface area contributed by atoms with Gasteiger partial charge in [0.05, 0.1) is 42.8 Å². The second-order valence-electron chi connectivity index (χ2n) is 16.9. The van der Waals surface area contributed by atoms with Crippen LogP contribution in [0.5, 0.6) is 23.0 Å². The molecule has 1 unspecified atom stereocenters. The molecule has 0 radical (unpaired) electrons. The number of methoxy groups -OCH3 is 2. The van der Waals surface area contributed by atoms with Crippen LogP contribution in [0.15, 0.2) is 72.8 Å². The zero-order valence-electron chi connectivity index (χ0n) is 34.6. The smallest absolute Gasteiger partial charge is 0.257 e. The summed E-state index contributed by atoms with van der Waals surface area (Å²) in [7, 11) is 1.54. The van der Waals surface area contributed by atoms with E-state index in [1.807, 2.05) is 48.5 Å². The van der Waals surface area contributed by atoms with Gasteiger partial charge in [0.15, 0.2) is 23.0 Å². The Bertz CT molecular complexity index is 2350. The Morgan fingerprint density at radius 2 is 1.25 bits per heavy atom. The van der Waals surface area contributed by atoms with Gasteiger partial charge in [0.25, 0.3) is 17.7 Å². The molecule has 60 heavy (non-hydrogen) atoms. The summed E-state index contributed by atoms with van der Waals surface area (Å²) in [6, 6.07) is 21.0. The minimum Gasteiger partial charge on any atom is -0.493 e. The Kier molecular flexibility index (Phi) is 11.3. The largest absolute Gasteiger partial charge is 0.493 e. The van der Waals surface area contributed by atoms with Crippen LogP contribution in [0, 0.1) is 0 Å². The number of nitrogens with two attached hydrogens (primary N) is 1. The molecule has 4 aliphatic rings. The minimum absolute atomic E-state index is 0.0282. The predicted octanol–water partition coefficient (Wildman–Crippen LogP) is 5.23. The number of nitrogens with zero attached hydrogens (tertiary/aromatic N) is 3. The van der Waals surface area contributed by atoms with Crippen molar-refractivity contribution in [1.29, 1.82) is 0 Å². The van der Waals surface area contributed by atoms with E-state index in [2.05, 4.69) is 25.0 Å². The van der Waals surface area contributed by atoms with E-state index in [1.54, 1.807) is 39.0 Å². The van der Waals surface area contributed by atoms with Crippen molar-refractivity contribution in [3.63, 3.8) is 0 Å². The van der Waals surface area contributed by atoms with Crippen LogP contribution in [0.2, 0.25) is 25.7 Å². The summed E-state index contributed by atoms with van der Waals surface area (Å²) < 4.78 is 29.9. The van der Waals surface area contributed by atoms with Gasteiger partial charge in [0.2, 0.25) is 5.91 Å². The lowest BCUT2D eigenvalue weighted by molar-refractivity contribution is -0.124. The highest BCUT2D eigenvalue weighted by Crippen LogP contribution is 2.41. The van der Waals surface area contributed by atoms with Gasteiger partial charge in [-0.3, -0.25) is 24.1 Å². The number of amides is 4. The molecule has 4 aromatic carbocycles. The third kappa shape index (κ3) is 8.04. The van der Waals surface area contributed by atoms with Crippen LogP contribution < -0.4 is 34.9 Å². The number of fused-ring (bicyclic) bond motifs is 6. The standard InChI is InChI=1S/C45H51N5O9Si/c1-55-38-18-32-34(47-42(51)36-16-27-10-6-8-12-29(27)22-48(36)43(32)52)20-40(38)58-24-31(46)25-59-41-21-35-33(19-39(41)56-2)44(53)49-23-30-13-9-7-11-28(30)17-37(49)45(54)50(35)26-57-14-15-60(3,4)5/h6-13,18-21,31,36-37H,14-17,22-26,46H2,1-5H3,(H,47,51)/t31?,36-,37-/m0/s1. The normalized spacial score (nSPS) is 18.7. The molecule has 0 spiro atoms. The van der Waals surface area contributed by atoms with E-state index in [9.17, 15) is 19.2 Å². The molecule has 15 heteroatoms. The van der Waals surface area contributed by atoms with Gasteiger partial charge in [-0.15, -0.1) is 0 Å². The Labute approximate surface area is 350 Å². The molecule has 0 saturated heterocycles. The quantitative estimate of drug-likeness (QED) is 0.135. The average Bonchev–Trinajstić information content (AvgIpc) is 3.39. The van der Waals surface area contributed by atoms with Gasteiger partial charge in [-0.05, 0) is 40.4 Å². The van der Waals surface area contributed by atoms with Crippen molar-refractivity contribution in [2.24, 2.45) is 5.73 Å². The van der Waals surface area contributed by atoms with Crippen molar-refractivity contribution in [3.05, 3.63) is 106 Å². The van der Waals surface area contributed by atoms with Crippen LogP contribution in [0.1, 0.15) is 43.0 Å². The highest BCUT2D eigenvalue weighted by atomic mass is 28.3. The number of carbonyl (C=O) groups excluding carboxylic acids is 4. The first-order valence-corrected chi connectivity index (χ1v) is 23.9. The van der Waals surface area contributed by atoms with Crippen LogP contribution in [-0.4, -0.2) is 100 Å². The number of benzene rings is 4. The molecule has 314 valence electrons. The Hall–Kier alpha value is -5.90. The fraction of sp³-hybridized carbons (Fsp3) is 0.378. The van der Waals surface area contributed by atoms with Gasteiger partial charge in [-0.1, -0.05) is 68.2 Å². The minimum atomic E-state index is -1.42. The van der Waals surface area contributed by atoms with Crippen molar-refractivity contribution in [2.75, 3.05) is 51.0 Å². The fourth-order valence-electron chi connectivity index (χ4n) is 8.19. The Balaban J connectivity index is 1.00. The molecule has 4 amide bonds. The maximum absolute atomic E-state index is 14.4. The molecule has 0 aliphatic carbocycles. The van der Waals surface area contributed by atoms with E-state index in [0.29, 0.717) is 66.5 Å². The van der Waals surface area contributed by atoms with E-state index in [4.69, 9.17) is 29.4 Å². The SMILES string of the molecule is COc1cc2c(cc1OCC(N)COc1cc3c(cc1OC)C(=O)N1Cc4ccccc4C[C@H]1C(=O)N3COCC[Si](C)(C)C)NC(=O)[C@@H]1Cc3ccccc3CN1C2=O. The highest BCUT2D eigenvalue weighted by molar-refractivity contribution is 6.76. The lowest BCUT2D eigenvalue weighted by Crippen LogP contribution is -2.51. The van der Waals surface area contributed by atoms with Crippen molar-refractivity contribution in [3.8, 4) is 23.0 Å². The van der Waals surface area contributed by atoms with Gasteiger partial charge >= 0.3 is 0 Å². The maximum Gasteiger partial charge on any atom is 0.257 e. The van der Waals surface area contributed by atoms with E-state index in [0.717, 1.165) is 28.3 Å². The van der Waals surface area contributed by atoms with Gasteiger partial charge in [0, 0.05) is 52.7 Å². The van der Waals surface area contributed by atoms with E-state index < -0.39 is 26.2 Å². The lowest BCUT2D eigenvalue weighted by Gasteiger charge is -2.35. The summed E-state index contributed by atoms with van der Waals surface area (Å²) in [5.41, 5.74) is 11.9. The summed E-state index contributed by atoms with van der Waals surface area (Å²) in [4.78, 5) is 60.9.